The molecule has 2 rings (SSSR count). The number of anilines is 1. The molecule has 0 radical (unpaired) electrons. The normalized spacial score (nSPS) is 10.0. The number of carbonyl (C=O) groups is 1. The molecular formula is C16H16BrNO4. The molecule has 0 saturated carbocycles. The molecule has 2 aromatic carbocycles. The fourth-order valence-electron chi connectivity index (χ4n) is 2.03. The summed E-state index contributed by atoms with van der Waals surface area (Å²) in [6.07, 6.45) is 0. The maximum absolute atomic E-state index is 12.5. The van der Waals surface area contributed by atoms with E-state index in [4.69, 9.17) is 14.2 Å². The molecular weight excluding hydrogens is 350 g/mol. The van der Waals surface area contributed by atoms with Crippen LogP contribution in [-0.4, -0.2) is 27.2 Å². The summed E-state index contributed by atoms with van der Waals surface area (Å²) in [5.74, 6) is 0.901. The molecule has 0 saturated heterocycles. The van der Waals surface area contributed by atoms with Crippen LogP contribution < -0.4 is 19.5 Å². The zero-order valence-corrected chi connectivity index (χ0v) is 14.1. The van der Waals surface area contributed by atoms with Crippen molar-refractivity contribution in [2.45, 2.75) is 0 Å². The van der Waals surface area contributed by atoms with Crippen molar-refractivity contribution in [2.24, 2.45) is 0 Å². The van der Waals surface area contributed by atoms with E-state index in [2.05, 4.69) is 21.2 Å². The average Bonchev–Trinajstić information content (AvgIpc) is 2.55. The van der Waals surface area contributed by atoms with Gasteiger partial charge in [-0.25, -0.2) is 0 Å². The Morgan fingerprint density at radius 2 is 1.64 bits per heavy atom. The van der Waals surface area contributed by atoms with Crippen molar-refractivity contribution >= 4 is 27.5 Å². The molecule has 22 heavy (non-hydrogen) atoms. The Morgan fingerprint density at radius 1 is 0.955 bits per heavy atom. The highest BCUT2D eigenvalue weighted by atomic mass is 79.9. The monoisotopic (exact) mass is 365 g/mol. The molecule has 0 aliphatic carbocycles. The molecule has 0 aromatic heterocycles. The van der Waals surface area contributed by atoms with E-state index in [1.165, 1.54) is 21.3 Å². The number of halogens is 1. The van der Waals surface area contributed by atoms with Crippen LogP contribution in [0.5, 0.6) is 17.2 Å². The number of benzene rings is 2. The van der Waals surface area contributed by atoms with E-state index >= 15 is 0 Å². The minimum absolute atomic E-state index is 0.301. The SMILES string of the molecule is COc1ccc(C(=O)Nc2ccccc2Br)c(OC)c1OC. The minimum atomic E-state index is -0.301. The van der Waals surface area contributed by atoms with Crippen molar-refractivity contribution in [2.75, 3.05) is 26.6 Å². The number of ether oxygens (including phenoxy) is 3. The first kappa shape index (κ1) is 16.2. The summed E-state index contributed by atoms with van der Waals surface area (Å²) in [5, 5.41) is 2.83. The largest absolute Gasteiger partial charge is 0.493 e. The number of para-hydroxylation sites is 1. The lowest BCUT2D eigenvalue weighted by molar-refractivity contribution is 0.102. The Bertz CT molecular complexity index is 688. The molecule has 0 fully saturated rings. The molecule has 0 heterocycles. The van der Waals surface area contributed by atoms with Gasteiger partial charge in [0.2, 0.25) is 5.75 Å². The van der Waals surface area contributed by atoms with Crippen LogP contribution in [0.1, 0.15) is 10.4 Å². The molecule has 0 bridgehead atoms. The first-order valence-electron chi connectivity index (χ1n) is 6.47. The minimum Gasteiger partial charge on any atom is -0.493 e. The Hall–Kier alpha value is -2.21. The summed E-state index contributed by atoms with van der Waals surface area (Å²) in [4.78, 5) is 12.5. The van der Waals surface area contributed by atoms with Gasteiger partial charge in [0.25, 0.3) is 5.91 Å². The Labute approximate surface area is 137 Å². The number of carbonyl (C=O) groups excluding carboxylic acids is 1. The van der Waals surface area contributed by atoms with Gasteiger partial charge in [-0.15, -0.1) is 0 Å². The van der Waals surface area contributed by atoms with Gasteiger partial charge in [0.15, 0.2) is 11.5 Å². The third kappa shape index (κ3) is 3.17. The predicted molar refractivity (Wildman–Crippen MR) is 88.2 cm³/mol. The fourth-order valence-corrected chi connectivity index (χ4v) is 2.42. The van der Waals surface area contributed by atoms with Crippen LogP contribution in [0.15, 0.2) is 40.9 Å². The molecule has 1 amide bonds. The van der Waals surface area contributed by atoms with E-state index in [1.54, 1.807) is 18.2 Å². The summed E-state index contributed by atoms with van der Waals surface area (Å²) in [6.45, 7) is 0. The van der Waals surface area contributed by atoms with E-state index in [0.29, 0.717) is 28.5 Å². The summed E-state index contributed by atoms with van der Waals surface area (Å²) in [7, 11) is 4.50. The number of hydrogen-bond donors (Lipinski definition) is 1. The molecule has 6 heteroatoms. The van der Waals surface area contributed by atoms with Crippen molar-refractivity contribution < 1.29 is 19.0 Å². The fraction of sp³-hybridized carbons (Fsp3) is 0.188. The van der Waals surface area contributed by atoms with Gasteiger partial charge in [0.05, 0.1) is 32.6 Å². The highest BCUT2D eigenvalue weighted by molar-refractivity contribution is 9.10. The molecule has 116 valence electrons. The van der Waals surface area contributed by atoms with Crippen LogP contribution in [-0.2, 0) is 0 Å². The molecule has 0 atom stereocenters. The lowest BCUT2D eigenvalue weighted by Crippen LogP contribution is -2.14. The third-order valence-electron chi connectivity index (χ3n) is 3.07. The molecule has 0 aliphatic rings. The Balaban J connectivity index is 2.40. The molecule has 0 unspecified atom stereocenters. The Morgan fingerprint density at radius 3 is 2.23 bits per heavy atom. The number of hydrogen-bond acceptors (Lipinski definition) is 4. The van der Waals surface area contributed by atoms with Crippen molar-refractivity contribution in [3.63, 3.8) is 0 Å². The van der Waals surface area contributed by atoms with Crippen LogP contribution in [0.4, 0.5) is 5.69 Å². The van der Waals surface area contributed by atoms with Crippen LogP contribution in [0.2, 0.25) is 0 Å². The topological polar surface area (TPSA) is 56.8 Å². The second-order valence-electron chi connectivity index (χ2n) is 4.32. The Kier molecular flexibility index (Phi) is 5.27. The molecule has 0 spiro atoms. The van der Waals surface area contributed by atoms with Gasteiger partial charge in [0.1, 0.15) is 0 Å². The molecule has 1 N–H and O–H groups in total. The predicted octanol–water partition coefficient (Wildman–Crippen LogP) is 3.73. The van der Waals surface area contributed by atoms with Gasteiger partial charge in [0, 0.05) is 4.47 Å². The van der Waals surface area contributed by atoms with Gasteiger partial charge < -0.3 is 19.5 Å². The van der Waals surface area contributed by atoms with Crippen LogP contribution >= 0.6 is 15.9 Å². The molecule has 5 nitrogen and oxygen atoms in total. The zero-order valence-electron chi connectivity index (χ0n) is 12.5. The van der Waals surface area contributed by atoms with Gasteiger partial charge in [-0.3, -0.25) is 4.79 Å². The zero-order chi connectivity index (χ0) is 16.1. The summed E-state index contributed by atoms with van der Waals surface area (Å²) < 4.78 is 16.6. The number of nitrogens with one attached hydrogen (secondary N) is 1. The van der Waals surface area contributed by atoms with Gasteiger partial charge in [-0.1, -0.05) is 12.1 Å². The second kappa shape index (κ2) is 7.17. The van der Waals surface area contributed by atoms with E-state index in [1.807, 2.05) is 18.2 Å². The van der Waals surface area contributed by atoms with E-state index in [0.717, 1.165) is 4.47 Å². The highest BCUT2D eigenvalue weighted by Gasteiger charge is 2.21. The standard InChI is InChI=1S/C16H16BrNO4/c1-20-13-9-8-10(14(21-2)15(13)22-3)16(19)18-12-7-5-4-6-11(12)17/h4-9H,1-3H3,(H,18,19). The smallest absolute Gasteiger partial charge is 0.259 e. The second-order valence-corrected chi connectivity index (χ2v) is 5.17. The molecule has 2 aromatic rings. The lowest BCUT2D eigenvalue weighted by Gasteiger charge is -2.15. The maximum atomic E-state index is 12.5. The van der Waals surface area contributed by atoms with Crippen LogP contribution in [0, 0.1) is 0 Å². The average molecular weight is 366 g/mol. The first-order valence-corrected chi connectivity index (χ1v) is 7.26. The summed E-state index contributed by atoms with van der Waals surface area (Å²) in [6, 6.07) is 10.7. The van der Waals surface area contributed by atoms with E-state index in [9.17, 15) is 4.79 Å². The van der Waals surface area contributed by atoms with Gasteiger partial charge in [-0.05, 0) is 40.2 Å². The highest BCUT2D eigenvalue weighted by Crippen LogP contribution is 2.40. The summed E-state index contributed by atoms with van der Waals surface area (Å²) in [5.41, 5.74) is 1.03. The number of rotatable bonds is 5. The molecule has 0 aliphatic heterocycles. The lowest BCUT2D eigenvalue weighted by atomic mass is 10.1. The van der Waals surface area contributed by atoms with E-state index in [-0.39, 0.29) is 5.91 Å². The summed E-state index contributed by atoms with van der Waals surface area (Å²) >= 11 is 3.39. The number of methoxy groups -OCH3 is 3. The quantitative estimate of drug-likeness (QED) is 0.876. The first-order chi connectivity index (χ1) is 10.6. The number of amides is 1. The van der Waals surface area contributed by atoms with E-state index < -0.39 is 0 Å². The van der Waals surface area contributed by atoms with Gasteiger partial charge >= 0.3 is 0 Å². The van der Waals surface area contributed by atoms with Crippen molar-refractivity contribution in [1.29, 1.82) is 0 Å². The van der Waals surface area contributed by atoms with Crippen molar-refractivity contribution in [3.05, 3.63) is 46.4 Å². The van der Waals surface area contributed by atoms with Crippen LogP contribution in [0.25, 0.3) is 0 Å². The maximum Gasteiger partial charge on any atom is 0.259 e. The van der Waals surface area contributed by atoms with Gasteiger partial charge in [-0.2, -0.15) is 0 Å². The van der Waals surface area contributed by atoms with Crippen LogP contribution in [0.3, 0.4) is 0 Å². The third-order valence-corrected chi connectivity index (χ3v) is 3.76. The van der Waals surface area contributed by atoms with Crippen molar-refractivity contribution in [3.8, 4) is 17.2 Å². The van der Waals surface area contributed by atoms with Crippen molar-refractivity contribution in [1.82, 2.24) is 0 Å².